The number of sulfonamides is 1. The van der Waals surface area contributed by atoms with Crippen molar-refractivity contribution in [1.82, 2.24) is 10.1 Å². The van der Waals surface area contributed by atoms with Crippen LogP contribution in [0, 0.1) is 13.8 Å². The summed E-state index contributed by atoms with van der Waals surface area (Å²) in [7, 11) is -5.87. The lowest BCUT2D eigenvalue weighted by atomic mass is 9.95. The number of aliphatic imine (C=N–C) groups is 1. The Kier molecular flexibility index (Phi) is 10.7. The van der Waals surface area contributed by atoms with E-state index in [2.05, 4.69) is 44.7 Å². The minimum atomic E-state index is -4.15. The molecule has 0 radical (unpaired) electrons. The smallest absolute Gasteiger partial charge is 0.269 e. The lowest BCUT2D eigenvalue weighted by molar-refractivity contribution is -0.131. The Morgan fingerprint density at radius 2 is 1.77 bits per heavy atom. The van der Waals surface area contributed by atoms with Crippen LogP contribution in [0.25, 0.3) is 11.1 Å². The first-order chi connectivity index (χ1) is 22.7. The highest BCUT2D eigenvalue weighted by atomic mass is 32.2. The van der Waals surface area contributed by atoms with Crippen molar-refractivity contribution >= 4 is 35.7 Å². The number of anilines is 1. The van der Waals surface area contributed by atoms with Gasteiger partial charge in [-0.15, -0.1) is 0 Å². The molecule has 1 fully saturated rings. The molecule has 1 unspecified atom stereocenters. The molecule has 1 aliphatic carbocycles. The van der Waals surface area contributed by atoms with E-state index in [1.54, 1.807) is 19.1 Å². The number of benzene rings is 2. The van der Waals surface area contributed by atoms with E-state index in [0.29, 0.717) is 29.8 Å². The van der Waals surface area contributed by atoms with Gasteiger partial charge < -0.3 is 9.26 Å². The monoisotopic (exact) mass is 692 g/mol. The summed E-state index contributed by atoms with van der Waals surface area (Å²) in [5.41, 5.74) is 4.06. The topological polar surface area (TPSA) is 105 Å². The van der Waals surface area contributed by atoms with Gasteiger partial charge in [0.25, 0.3) is 15.9 Å². The van der Waals surface area contributed by atoms with E-state index in [1.165, 1.54) is 4.31 Å². The van der Waals surface area contributed by atoms with Gasteiger partial charge in [0.05, 0.1) is 25.2 Å². The minimum Gasteiger partial charge on any atom is -0.360 e. The van der Waals surface area contributed by atoms with Crippen LogP contribution >= 0.6 is 0 Å². The Labute approximate surface area is 287 Å². The van der Waals surface area contributed by atoms with Crippen LogP contribution in [0.4, 0.5) is 5.88 Å². The maximum atomic E-state index is 14.6. The highest BCUT2D eigenvalue weighted by molar-refractivity contribution is 7.93. The summed E-state index contributed by atoms with van der Waals surface area (Å²) in [4.78, 5) is 20.9. The second kappa shape index (κ2) is 14.3. The number of carbonyl (C=O) groups excluding carboxylic acids is 1. The average Bonchev–Trinajstić information content (AvgIpc) is 3.74. The number of amides is 1. The number of unbranched alkanes of at least 4 members (excludes halogenated alkanes) is 1. The lowest BCUT2D eigenvalue weighted by Crippen LogP contribution is -2.42. The summed E-state index contributed by atoms with van der Waals surface area (Å²) >= 11 is 0. The third kappa shape index (κ3) is 7.05. The number of aromatic nitrogens is 1. The Morgan fingerprint density at radius 1 is 1.06 bits per heavy atom. The summed E-state index contributed by atoms with van der Waals surface area (Å²) < 4.78 is 42.3. The van der Waals surface area contributed by atoms with Gasteiger partial charge in [-0.05, 0) is 69.2 Å². The fourth-order valence-electron chi connectivity index (χ4n) is 6.52. The fraction of sp³-hybridized carbons (Fsp3) is 0.541. The number of carbonyl (C=O) groups is 1. The van der Waals surface area contributed by atoms with Gasteiger partial charge in [0.2, 0.25) is 5.88 Å². The summed E-state index contributed by atoms with van der Waals surface area (Å²) in [6.07, 6.45) is 7.26. The summed E-state index contributed by atoms with van der Waals surface area (Å²) in [5.74, 6) is 1.20. The molecule has 260 valence electrons. The third-order valence-corrected chi connectivity index (χ3v) is 14.5. The standard InChI is InChI=1S/C37H52N4O5SSi/c1-9-11-18-34-38-37(21-14-15-22-37)36(42)40(34)24-29-19-20-31(30(10-2)23-29)32-16-12-13-17-33(32)47(43,44)41(25-45-28(5)48(6,7)8)35-26(3)27(4)39-46-35/h12-13,16-17,19-20,23,28H,9-11,14-15,18,21-22,24-25H2,1-8H3. The van der Waals surface area contributed by atoms with Crippen molar-refractivity contribution < 1.29 is 22.5 Å². The van der Waals surface area contributed by atoms with Gasteiger partial charge in [-0.25, -0.2) is 12.7 Å². The molecule has 5 rings (SSSR count). The van der Waals surface area contributed by atoms with Gasteiger partial charge >= 0.3 is 0 Å². The number of hydrogen-bond donors (Lipinski definition) is 0. The molecule has 2 aromatic carbocycles. The highest BCUT2D eigenvalue weighted by Crippen LogP contribution is 2.41. The van der Waals surface area contributed by atoms with E-state index in [0.717, 1.165) is 67.5 Å². The molecule has 1 amide bonds. The van der Waals surface area contributed by atoms with Gasteiger partial charge in [0.1, 0.15) is 18.1 Å². The van der Waals surface area contributed by atoms with Crippen molar-refractivity contribution in [3.05, 3.63) is 64.8 Å². The van der Waals surface area contributed by atoms with E-state index in [1.807, 2.05) is 43.0 Å². The first kappa shape index (κ1) is 36.0. The molecule has 2 heterocycles. The number of amidine groups is 1. The van der Waals surface area contributed by atoms with Crippen molar-refractivity contribution in [2.45, 2.75) is 128 Å². The second-order valence-electron chi connectivity index (χ2n) is 14.5. The maximum absolute atomic E-state index is 14.6. The van der Waals surface area contributed by atoms with Gasteiger partial charge in [-0.2, -0.15) is 0 Å². The van der Waals surface area contributed by atoms with Crippen molar-refractivity contribution in [2.75, 3.05) is 11.0 Å². The van der Waals surface area contributed by atoms with Crippen LogP contribution in [-0.4, -0.2) is 56.3 Å². The fourth-order valence-corrected chi connectivity index (χ4v) is 8.62. The van der Waals surface area contributed by atoms with Crippen LogP contribution in [0.5, 0.6) is 0 Å². The summed E-state index contributed by atoms with van der Waals surface area (Å²) in [6, 6.07) is 13.2. The third-order valence-electron chi connectivity index (χ3n) is 10.1. The molecule has 1 atom stereocenters. The Balaban J connectivity index is 1.50. The molecule has 9 nitrogen and oxygen atoms in total. The van der Waals surface area contributed by atoms with Gasteiger partial charge in [-0.3, -0.25) is 14.7 Å². The molecule has 48 heavy (non-hydrogen) atoms. The van der Waals surface area contributed by atoms with Crippen molar-refractivity contribution in [2.24, 2.45) is 4.99 Å². The van der Waals surface area contributed by atoms with Crippen LogP contribution in [0.3, 0.4) is 0 Å². The van der Waals surface area contributed by atoms with Crippen molar-refractivity contribution in [3.8, 4) is 11.1 Å². The molecule has 0 N–H and O–H groups in total. The predicted octanol–water partition coefficient (Wildman–Crippen LogP) is 8.20. The predicted molar refractivity (Wildman–Crippen MR) is 194 cm³/mol. The van der Waals surface area contributed by atoms with E-state index < -0.39 is 23.6 Å². The zero-order chi connectivity index (χ0) is 34.9. The largest absolute Gasteiger partial charge is 0.360 e. The molecule has 0 bridgehead atoms. The van der Waals surface area contributed by atoms with Gasteiger partial charge in [-0.1, -0.05) is 94.3 Å². The van der Waals surface area contributed by atoms with Crippen molar-refractivity contribution in [1.29, 1.82) is 0 Å². The number of aryl methyl sites for hydroxylation is 2. The van der Waals surface area contributed by atoms with Gasteiger partial charge in [0.15, 0.2) is 0 Å². The normalized spacial score (nSPS) is 17.0. The molecule has 1 spiro atoms. The molecule has 2 aliphatic rings. The zero-order valence-corrected chi connectivity index (χ0v) is 31.7. The van der Waals surface area contributed by atoms with Crippen LogP contribution in [0.2, 0.25) is 19.6 Å². The van der Waals surface area contributed by atoms with E-state index in [4.69, 9.17) is 14.3 Å². The second-order valence-corrected chi connectivity index (χ2v) is 21.8. The molecule has 1 aliphatic heterocycles. The quantitative estimate of drug-likeness (QED) is 0.125. The highest BCUT2D eigenvalue weighted by Gasteiger charge is 2.49. The van der Waals surface area contributed by atoms with Crippen LogP contribution in [-0.2, 0) is 32.5 Å². The number of ether oxygens (including phenoxy) is 1. The summed E-state index contributed by atoms with van der Waals surface area (Å²) in [5, 5.41) is 4.07. The molecule has 11 heteroatoms. The lowest BCUT2D eigenvalue weighted by Gasteiger charge is -2.29. The van der Waals surface area contributed by atoms with E-state index in [-0.39, 0.29) is 29.1 Å². The Bertz CT molecular complexity index is 1770. The zero-order valence-electron chi connectivity index (χ0n) is 29.9. The molecular formula is C37H52N4O5SSi. The maximum Gasteiger partial charge on any atom is 0.269 e. The van der Waals surface area contributed by atoms with E-state index in [9.17, 15) is 13.2 Å². The molecule has 0 saturated heterocycles. The number of rotatable bonds is 14. The van der Waals surface area contributed by atoms with E-state index >= 15 is 0 Å². The first-order valence-corrected chi connectivity index (χ1v) is 22.4. The molecule has 1 aromatic heterocycles. The molecular weight excluding hydrogens is 641 g/mol. The summed E-state index contributed by atoms with van der Waals surface area (Å²) in [6.45, 7) is 16.7. The Hall–Kier alpha value is -3.28. The number of nitrogens with zero attached hydrogens (tertiary/aromatic N) is 4. The van der Waals surface area contributed by atoms with Gasteiger partial charge in [0, 0.05) is 23.3 Å². The van der Waals surface area contributed by atoms with Crippen molar-refractivity contribution in [3.63, 3.8) is 0 Å². The molecule has 3 aromatic rings. The SMILES string of the molecule is CCCCC1=NC2(CCCC2)C(=O)N1Cc1ccc(-c2ccccc2S(=O)(=O)N(COC(C)[Si](C)(C)C)c2onc(C)c2C)c(CC)c1. The van der Waals surface area contributed by atoms with Crippen LogP contribution in [0.15, 0.2) is 56.9 Å². The van der Waals surface area contributed by atoms with Crippen LogP contribution < -0.4 is 4.31 Å². The Morgan fingerprint density at radius 3 is 2.40 bits per heavy atom. The first-order valence-electron chi connectivity index (χ1n) is 17.4. The van der Waals surface area contributed by atoms with Crippen LogP contribution in [0.1, 0.15) is 88.1 Å². The average molecular weight is 693 g/mol. The minimum absolute atomic E-state index is 0.0902. The number of hydrogen-bond acceptors (Lipinski definition) is 7. The molecule has 1 saturated carbocycles.